The molecule has 0 saturated carbocycles. The van der Waals surface area contributed by atoms with Crippen LogP contribution < -0.4 is 15.4 Å². The lowest BCUT2D eigenvalue weighted by atomic mass is 10.2. The van der Waals surface area contributed by atoms with Crippen LogP contribution in [0.2, 0.25) is 5.02 Å². The van der Waals surface area contributed by atoms with E-state index in [4.69, 9.17) is 16.3 Å². The van der Waals surface area contributed by atoms with Crippen molar-refractivity contribution in [1.29, 1.82) is 0 Å². The van der Waals surface area contributed by atoms with Gasteiger partial charge in [-0.2, -0.15) is 4.98 Å². The van der Waals surface area contributed by atoms with E-state index in [-0.39, 0.29) is 0 Å². The zero-order valence-corrected chi connectivity index (χ0v) is 12.7. The molecule has 5 nitrogen and oxygen atoms in total. The van der Waals surface area contributed by atoms with Crippen LogP contribution in [0, 0.1) is 13.8 Å². The van der Waals surface area contributed by atoms with Gasteiger partial charge in [0, 0.05) is 29.9 Å². The summed E-state index contributed by atoms with van der Waals surface area (Å²) in [4.78, 5) is 8.55. The Bertz CT molecular complexity index is 631. The predicted molar refractivity (Wildman–Crippen MR) is 82.3 cm³/mol. The quantitative estimate of drug-likeness (QED) is 0.902. The number of nitrogens with one attached hydrogen (secondary N) is 2. The van der Waals surface area contributed by atoms with E-state index in [0.29, 0.717) is 16.7 Å². The van der Waals surface area contributed by atoms with E-state index in [0.717, 1.165) is 22.6 Å². The first-order chi connectivity index (χ1) is 9.55. The molecule has 0 atom stereocenters. The second-order valence-corrected chi connectivity index (χ2v) is 4.81. The van der Waals surface area contributed by atoms with Crippen LogP contribution in [0.1, 0.15) is 11.1 Å². The molecule has 2 rings (SSSR count). The maximum absolute atomic E-state index is 6.10. The Labute approximate surface area is 123 Å². The summed E-state index contributed by atoms with van der Waals surface area (Å²) in [7, 11) is 3.39. The van der Waals surface area contributed by atoms with Gasteiger partial charge in [-0.25, -0.2) is 4.98 Å². The van der Waals surface area contributed by atoms with E-state index in [1.165, 1.54) is 0 Å². The molecule has 6 heteroatoms. The summed E-state index contributed by atoms with van der Waals surface area (Å²) >= 11 is 6.10. The maximum Gasteiger partial charge on any atom is 0.224 e. The lowest BCUT2D eigenvalue weighted by molar-refractivity contribution is 0.416. The summed E-state index contributed by atoms with van der Waals surface area (Å²) in [6.45, 7) is 3.88. The highest BCUT2D eigenvalue weighted by Crippen LogP contribution is 2.33. The summed E-state index contributed by atoms with van der Waals surface area (Å²) in [6, 6.07) is 3.72. The van der Waals surface area contributed by atoms with Crippen LogP contribution in [-0.4, -0.2) is 24.1 Å². The minimum Gasteiger partial charge on any atom is -0.495 e. The average Bonchev–Trinajstić information content (AvgIpc) is 2.44. The Hall–Kier alpha value is -2.01. The average molecular weight is 293 g/mol. The molecule has 0 fully saturated rings. The number of methoxy groups -OCH3 is 1. The molecule has 0 amide bonds. The molecule has 0 aliphatic carbocycles. The molecule has 1 heterocycles. The Balaban J connectivity index is 2.41. The van der Waals surface area contributed by atoms with Crippen molar-refractivity contribution >= 4 is 29.1 Å². The molecule has 0 aliphatic rings. The van der Waals surface area contributed by atoms with Gasteiger partial charge in [-0.15, -0.1) is 0 Å². The summed E-state index contributed by atoms with van der Waals surface area (Å²) in [5.74, 6) is 1.96. The van der Waals surface area contributed by atoms with Gasteiger partial charge >= 0.3 is 0 Å². The molecule has 2 N–H and O–H groups in total. The Morgan fingerprint density at radius 2 is 1.95 bits per heavy atom. The minimum absolute atomic E-state index is 0.558. The van der Waals surface area contributed by atoms with Crippen molar-refractivity contribution in [3.05, 3.63) is 34.5 Å². The van der Waals surface area contributed by atoms with E-state index in [9.17, 15) is 0 Å². The van der Waals surface area contributed by atoms with Gasteiger partial charge in [0.15, 0.2) is 0 Å². The first-order valence-electron chi connectivity index (χ1n) is 6.17. The molecule has 1 aromatic heterocycles. The van der Waals surface area contributed by atoms with Crippen LogP contribution in [0.25, 0.3) is 0 Å². The van der Waals surface area contributed by atoms with E-state index < -0.39 is 0 Å². The summed E-state index contributed by atoms with van der Waals surface area (Å²) in [5.41, 5.74) is 2.73. The molecule has 106 valence electrons. The first kappa shape index (κ1) is 14.4. The van der Waals surface area contributed by atoms with Crippen molar-refractivity contribution in [3.63, 3.8) is 0 Å². The largest absolute Gasteiger partial charge is 0.495 e. The van der Waals surface area contributed by atoms with E-state index in [2.05, 4.69) is 20.6 Å². The molecule has 0 saturated heterocycles. The van der Waals surface area contributed by atoms with Gasteiger partial charge < -0.3 is 15.4 Å². The molecule has 2 aromatic rings. The zero-order valence-electron chi connectivity index (χ0n) is 11.9. The van der Waals surface area contributed by atoms with Crippen molar-refractivity contribution in [1.82, 2.24) is 9.97 Å². The molecule has 0 radical (unpaired) electrons. The van der Waals surface area contributed by atoms with Crippen molar-refractivity contribution in [2.45, 2.75) is 13.8 Å². The van der Waals surface area contributed by atoms with Gasteiger partial charge in [-0.05, 0) is 25.5 Å². The Morgan fingerprint density at radius 3 is 2.60 bits per heavy atom. The monoisotopic (exact) mass is 292 g/mol. The minimum atomic E-state index is 0.558. The summed E-state index contributed by atoms with van der Waals surface area (Å²) in [6.07, 6.45) is 1.76. The van der Waals surface area contributed by atoms with Crippen LogP contribution >= 0.6 is 11.6 Å². The number of ether oxygens (including phenoxy) is 1. The lowest BCUT2D eigenvalue weighted by Gasteiger charge is -2.14. The van der Waals surface area contributed by atoms with Crippen molar-refractivity contribution in [3.8, 4) is 5.75 Å². The summed E-state index contributed by atoms with van der Waals surface area (Å²) in [5, 5.41) is 6.84. The first-order valence-corrected chi connectivity index (χ1v) is 6.55. The Morgan fingerprint density at radius 1 is 1.20 bits per heavy atom. The predicted octanol–water partition coefficient (Wildman–Crippen LogP) is 3.54. The highest BCUT2D eigenvalue weighted by molar-refractivity contribution is 6.31. The highest BCUT2D eigenvalue weighted by atomic mass is 35.5. The molecule has 20 heavy (non-hydrogen) atoms. The number of halogens is 1. The van der Waals surface area contributed by atoms with E-state index in [1.807, 2.05) is 19.9 Å². The van der Waals surface area contributed by atoms with Gasteiger partial charge in [0.05, 0.1) is 12.8 Å². The number of anilines is 3. The molecular weight excluding hydrogens is 276 g/mol. The molecule has 0 spiro atoms. The standard InChI is InChI=1S/C14H17ClN4O/c1-8-5-11(12(20-4)6-10(8)15)18-13-9(2)7-17-14(16-3)19-13/h5-7H,1-4H3,(H2,16,17,18,19). The second-order valence-electron chi connectivity index (χ2n) is 4.40. The fraction of sp³-hybridized carbons (Fsp3) is 0.286. The number of rotatable bonds is 4. The highest BCUT2D eigenvalue weighted by Gasteiger charge is 2.10. The second kappa shape index (κ2) is 5.96. The summed E-state index contributed by atoms with van der Waals surface area (Å²) < 4.78 is 5.34. The number of benzene rings is 1. The molecular formula is C14H17ClN4O. The maximum atomic E-state index is 6.10. The topological polar surface area (TPSA) is 59.1 Å². The lowest BCUT2D eigenvalue weighted by Crippen LogP contribution is -2.03. The van der Waals surface area contributed by atoms with Crippen molar-refractivity contribution in [2.75, 3.05) is 24.8 Å². The fourth-order valence-corrected chi connectivity index (χ4v) is 1.90. The van der Waals surface area contributed by atoms with Crippen LogP contribution in [0.4, 0.5) is 17.5 Å². The molecule has 0 unspecified atom stereocenters. The third-order valence-electron chi connectivity index (χ3n) is 2.93. The molecule has 0 aliphatic heterocycles. The third-order valence-corrected chi connectivity index (χ3v) is 3.34. The van der Waals surface area contributed by atoms with Crippen molar-refractivity contribution < 1.29 is 4.74 Å². The van der Waals surface area contributed by atoms with Crippen LogP contribution in [0.3, 0.4) is 0 Å². The van der Waals surface area contributed by atoms with E-state index in [1.54, 1.807) is 26.4 Å². The van der Waals surface area contributed by atoms with Crippen LogP contribution in [0.15, 0.2) is 18.3 Å². The normalized spacial score (nSPS) is 10.2. The number of aromatic nitrogens is 2. The fourth-order valence-electron chi connectivity index (χ4n) is 1.75. The van der Waals surface area contributed by atoms with Gasteiger partial charge in [0.1, 0.15) is 11.6 Å². The smallest absolute Gasteiger partial charge is 0.224 e. The third kappa shape index (κ3) is 2.93. The van der Waals surface area contributed by atoms with Gasteiger partial charge in [0.2, 0.25) is 5.95 Å². The van der Waals surface area contributed by atoms with Gasteiger partial charge in [-0.1, -0.05) is 11.6 Å². The zero-order chi connectivity index (χ0) is 14.7. The van der Waals surface area contributed by atoms with Gasteiger partial charge in [-0.3, -0.25) is 0 Å². The Kier molecular flexibility index (Phi) is 4.29. The number of hydrogen-bond acceptors (Lipinski definition) is 5. The van der Waals surface area contributed by atoms with E-state index >= 15 is 0 Å². The van der Waals surface area contributed by atoms with Gasteiger partial charge in [0.25, 0.3) is 0 Å². The number of hydrogen-bond donors (Lipinski definition) is 2. The van der Waals surface area contributed by atoms with Crippen LogP contribution in [0.5, 0.6) is 5.75 Å². The SMILES string of the molecule is CNc1ncc(C)c(Nc2cc(C)c(Cl)cc2OC)n1. The molecule has 1 aromatic carbocycles. The van der Waals surface area contributed by atoms with Crippen LogP contribution in [-0.2, 0) is 0 Å². The number of aryl methyl sites for hydroxylation is 2. The molecule has 0 bridgehead atoms. The number of nitrogens with zero attached hydrogens (tertiary/aromatic N) is 2. The van der Waals surface area contributed by atoms with Crippen molar-refractivity contribution in [2.24, 2.45) is 0 Å².